The largest absolute Gasteiger partial charge is 0.445 e. The molecule has 0 aromatic heterocycles. The highest BCUT2D eigenvalue weighted by Gasteiger charge is 2.44. The predicted octanol–water partition coefficient (Wildman–Crippen LogP) is 1.38. The molecule has 2 aliphatic heterocycles. The van der Waals surface area contributed by atoms with Crippen LogP contribution in [0.1, 0.15) is 33.1 Å². The second-order valence-electron chi connectivity index (χ2n) is 4.42. The third-order valence-corrected chi connectivity index (χ3v) is 2.86. The van der Waals surface area contributed by atoms with Gasteiger partial charge in [-0.25, -0.2) is 0 Å². The minimum Gasteiger partial charge on any atom is -0.445 e. The number of hydrogen-bond donors (Lipinski definition) is 0. The molecule has 0 spiro atoms. The van der Waals surface area contributed by atoms with E-state index in [4.69, 9.17) is 4.74 Å². The highest BCUT2D eigenvalue weighted by atomic mass is 16.6. The summed E-state index contributed by atoms with van der Waals surface area (Å²) in [6.45, 7) is 5.36. The molecule has 0 amide bonds. The van der Waals surface area contributed by atoms with Crippen LogP contribution in [-0.2, 0) is 9.53 Å². The van der Waals surface area contributed by atoms with E-state index >= 15 is 0 Å². The number of nitrogens with zero attached hydrogens (tertiary/aromatic N) is 1. The molecule has 0 saturated carbocycles. The van der Waals surface area contributed by atoms with E-state index in [1.165, 1.54) is 0 Å². The van der Waals surface area contributed by atoms with Crippen molar-refractivity contribution in [3.8, 4) is 0 Å². The Morgan fingerprint density at radius 1 is 1.62 bits per heavy atom. The molecule has 0 aromatic rings. The van der Waals surface area contributed by atoms with Gasteiger partial charge in [0.05, 0.1) is 0 Å². The average molecular weight is 183 g/mol. The van der Waals surface area contributed by atoms with Gasteiger partial charge in [0.2, 0.25) is 0 Å². The van der Waals surface area contributed by atoms with Gasteiger partial charge in [0.1, 0.15) is 6.04 Å². The van der Waals surface area contributed by atoms with E-state index < -0.39 is 0 Å². The Morgan fingerprint density at radius 3 is 3.08 bits per heavy atom. The van der Waals surface area contributed by atoms with Gasteiger partial charge in [-0.3, -0.25) is 9.69 Å². The van der Waals surface area contributed by atoms with Crippen LogP contribution in [0.5, 0.6) is 0 Å². The summed E-state index contributed by atoms with van der Waals surface area (Å²) in [7, 11) is 0. The van der Waals surface area contributed by atoms with Crippen molar-refractivity contribution in [1.29, 1.82) is 0 Å². The number of ether oxygens (including phenoxy) is 1. The summed E-state index contributed by atoms with van der Waals surface area (Å²) < 4.78 is 5.33. The van der Waals surface area contributed by atoms with Crippen LogP contribution in [0.4, 0.5) is 0 Å². The van der Waals surface area contributed by atoms with Gasteiger partial charge in [-0.2, -0.15) is 0 Å². The monoisotopic (exact) mass is 183 g/mol. The topological polar surface area (TPSA) is 29.5 Å². The van der Waals surface area contributed by atoms with Crippen LogP contribution < -0.4 is 0 Å². The lowest BCUT2D eigenvalue weighted by Gasteiger charge is -2.21. The molecule has 3 heteroatoms. The first kappa shape index (κ1) is 9.00. The number of rotatable bonds is 2. The maximum atomic E-state index is 11.4. The number of hydrogen-bond acceptors (Lipinski definition) is 3. The summed E-state index contributed by atoms with van der Waals surface area (Å²) in [5.41, 5.74) is 0. The molecular weight excluding hydrogens is 166 g/mol. The lowest BCUT2D eigenvalue weighted by molar-refractivity contribution is -0.143. The van der Waals surface area contributed by atoms with Gasteiger partial charge in [-0.05, 0) is 18.8 Å². The summed E-state index contributed by atoms with van der Waals surface area (Å²) in [6.07, 6.45) is 3.18. The van der Waals surface area contributed by atoms with Gasteiger partial charge in [0, 0.05) is 13.0 Å². The van der Waals surface area contributed by atoms with Crippen LogP contribution in [0.25, 0.3) is 0 Å². The van der Waals surface area contributed by atoms with Gasteiger partial charge in [0.25, 0.3) is 0 Å². The Balaban J connectivity index is 2.02. The van der Waals surface area contributed by atoms with E-state index in [0.29, 0.717) is 5.92 Å². The van der Waals surface area contributed by atoms with Gasteiger partial charge < -0.3 is 4.74 Å². The summed E-state index contributed by atoms with van der Waals surface area (Å²) in [5.74, 6) is 0.598. The molecule has 0 unspecified atom stereocenters. The normalized spacial score (nSPS) is 33.9. The van der Waals surface area contributed by atoms with Crippen molar-refractivity contribution in [2.45, 2.75) is 45.4 Å². The minimum atomic E-state index is 0.00292. The fraction of sp³-hybridized carbons (Fsp3) is 0.900. The van der Waals surface area contributed by atoms with Gasteiger partial charge in [-0.15, -0.1) is 0 Å². The zero-order valence-corrected chi connectivity index (χ0v) is 8.32. The van der Waals surface area contributed by atoms with Gasteiger partial charge in [0.15, 0.2) is 6.23 Å². The summed E-state index contributed by atoms with van der Waals surface area (Å²) in [6, 6.07) is 0.0868. The first-order valence-electron chi connectivity index (χ1n) is 5.14. The van der Waals surface area contributed by atoms with E-state index in [2.05, 4.69) is 18.7 Å². The molecule has 2 aliphatic rings. The Morgan fingerprint density at radius 2 is 2.38 bits per heavy atom. The van der Waals surface area contributed by atoms with E-state index in [0.717, 1.165) is 25.8 Å². The van der Waals surface area contributed by atoms with Gasteiger partial charge in [-0.1, -0.05) is 13.8 Å². The molecule has 0 aliphatic carbocycles. The molecule has 74 valence electrons. The van der Waals surface area contributed by atoms with Crippen LogP contribution in [0, 0.1) is 5.92 Å². The molecule has 0 radical (unpaired) electrons. The number of carbonyl (C=O) groups excluding carboxylic acids is 1. The number of carbonyl (C=O) groups is 1. The smallest absolute Gasteiger partial charge is 0.325 e. The fourth-order valence-electron chi connectivity index (χ4n) is 2.25. The fourth-order valence-corrected chi connectivity index (χ4v) is 2.25. The first-order chi connectivity index (χ1) is 6.18. The standard InChI is InChI=1S/C10H17NO2/c1-7(2)6-9-11-5-3-4-8(11)10(12)13-9/h7-9H,3-6H2,1-2H3/t8-,9-/m0/s1. The first-order valence-corrected chi connectivity index (χ1v) is 5.14. The molecular formula is C10H17NO2. The second kappa shape index (κ2) is 3.29. The van der Waals surface area contributed by atoms with Crippen molar-refractivity contribution >= 4 is 5.97 Å². The summed E-state index contributed by atoms with van der Waals surface area (Å²) in [4.78, 5) is 13.6. The summed E-state index contributed by atoms with van der Waals surface area (Å²) >= 11 is 0. The maximum Gasteiger partial charge on any atom is 0.325 e. The van der Waals surface area contributed by atoms with Crippen molar-refractivity contribution in [2.75, 3.05) is 6.54 Å². The van der Waals surface area contributed by atoms with Crippen LogP contribution in [0.2, 0.25) is 0 Å². The molecule has 0 bridgehead atoms. The van der Waals surface area contributed by atoms with Crippen molar-refractivity contribution < 1.29 is 9.53 Å². The highest BCUT2D eigenvalue weighted by Crippen LogP contribution is 2.30. The molecule has 2 rings (SSSR count). The van der Waals surface area contributed by atoms with Crippen molar-refractivity contribution in [2.24, 2.45) is 5.92 Å². The van der Waals surface area contributed by atoms with Crippen molar-refractivity contribution in [3.63, 3.8) is 0 Å². The van der Waals surface area contributed by atoms with E-state index in [1.54, 1.807) is 0 Å². The lowest BCUT2D eigenvalue weighted by atomic mass is 10.1. The predicted molar refractivity (Wildman–Crippen MR) is 49.1 cm³/mol. The molecule has 2 heterocycles. The Labute approximate surface area is 79.0 Å². The summed E-state index contributed by atoms with van der Waals surface area (Å²) in [5, 5.41) is 0. The lowest BCUT2D eigenvalue weighted by Crippen LogP contribution is -2.33. The average Bonchev–Trinajstić information content (AvgIpc) is 2.56. The SMILES string of the molecule is CC(C)C[C@@H]1OC(=O)[C@@H]2CCCN12. The van der Waals surface area contributed by atoms with Gasteiger partial charge >= 0.3 is 5.97 Å². The second-order valence-corrected chi connectivity index (χ2v) is 4.42. The molecule has 3 nitrogen and oxygen atoms in total. The van der Waals surface area contributed by atoms with Crippen LogP contribution >= 0.6 is 0 Å². The van der Waals surface area contributed by atoms with Crippen molar-refractivity contribution in [1.82, 2.24) is 4.90 Å². The quantitative estimate of drug-likeness (QED) is 0.606. The number of fused-ring (bicyclic) bond motifs is 1. The number of cyclic esters (lactones) is 1. The Bertz CT molecular complexity index is 215. The maximum absolute atomic E-state index is 11.4. The molecule has 2 fully saturated rings. The molecule has 13 heavy (non-hydrogen) atoms. The minimum absolute atomic E-state index is 0.00292. The van der Waals surface area contributed by atoms with Crippen LogP contribution in [-0.4, -0.2) is 29.7 Å². The Kier molecular flexibility index (Phi) is 2.28. The molecule has 2 saturated heterocycles. The Hall–Kier alpha value is -0.570. The molecule has 2 atom stereocenters. The van der Waals surface area contributed by atoms with E-state index in [-0.39, 0.29) is 18.2 Å². The zero-order chi connectivity index (χ0) is 9.42. The molecule has 0 N–H and O–H groups in total. The number of esters is 1. The third kappa shape index (κ3) is 1.57. The van der Waals surface area contributed by atoms with Crippen LogP contribution in [0.15, 0.2) is 0 Å². The molecule has 0 aromatic carbocycles. The van der Waals surface area contributed by atoms with E-state index in [9.17, 15) is 4.79 Å². The zero-order valence-electron chi connectivity index (χ0n) is 8.32. The van der Waals surface area contributed by atoms with Crippen molar-refractivity contribution in [3.05, 3.63) is 0 Å². The van der Waals surface area contributed by atoms with E-state index in [1.807, 2.05) is 0 Å². The van der Waals surface area contributed by atoms with Crippen LogP contribution in [0.3, 0.4) is 0 Å². The highest BCUT2D eigenvalue weighted by molar-refractivity contribution is 5.78. The third-order valence-electron chi connectivity index (χ3n) is 2.86.